The minimum atomic E-state index is -0.257. The van der Waals surface area contributed by atoms with Gasteiger partial charge in [-0.15, -0.1) is 0 Å². The van der Waals surface area contributed by atoms with Crippen LogP contribution >= 0.6 is 23.2 Å². The summed E-state index contributed by atoms with van der Waals surface area (Å²) in [6.07, 6.45) is -0.257. The van der Waals surface area contributed by atoms with Crippen LogP contribution in [0.4, 0.5) is 0 Å². The van der Waals surface area contributed by atoms with Gasteiger partial charge in [-0.3, -0.25) is 0 Å². The Morgan fingerprint density at radius 3 is 2.60 bits per heavy atom. The van der Waals surface area contributed by atoms with E-state index in [1.807, 2.05) is 6.07 Å². The Hall–Kier alpha value is -0.320. The summed E-state index contributed by atoms with van der Waals surface area (Å²) in [6, 6.07) is 5.23. The summed E-state index contributed by atoms with van der Waals surface area (Å²) in [7, 11) is 0. The van der Waals surface area contributed by atoms with Crippen LogP contribution in [0.1, 0.15) is 11.7 Å². The molecule has 1 atom stereocenters. The Bertz CT molecular complexity index is 320. The number of benzene rings is 1. The number of hydrogen-bond donors (Lipinski definition) is 2. The highest BCUT2D eigenvalue weighted by atomic mass is 35.5. The molecule has 1 unspecified atom stereocenters. The molecule has 84 valence electrons. The van der Waals surface area contributed by atoms with Gasteiger partial charge in [-0.2, -0.15) is 0 Å². The normalized spacial score (nSPS) is 12.8. The maximum atomic E-state index is 8.64. The second kappa shape index (κ2) is 6.30. The van der Waals surface area contributed by atoms with Gasteiger partial charge in [0.15, 0.2) is 0 Å². The molecule has 0 amide bonds. The fourth-order valence-corrected chi connectivity index (χ4v) is 1.51. The van der Waals surface area contributed by atoms with Gasteiger partial charge in [0.2, 0.25) is 0 Å². The lowest BCUT2D eigenvalue weighted by atomic mass is 10.1. The highest BCUT2D eigenvalue weighted by Gasteiger charge is 2.11. The van der Waals surface area contributed by atoms with Crippen molar-refractivity contribution in [1.82, 2.24) is 0 Å². The highest BCUT2D eigenvalue weighted by Crippen LogP contribution is 2.26. The molecule has 0 aliphatic heterocycles. The summed E-state index contributed by atoms with van der Waals surface area (Å²) < 4.78 is 5.34. The van der Waals surface area contributed by atoms with Gasteiger partial charge in [-0.05, 0) is 17.7 Å². The molecule has 1 aromatic carbocycles. The molecule has 0 bridgehead atoms. The van der Waals surface area contributed by atoms with Gasteiger partial charge in [0.05, 0.1) is 29.4 Å². The smallest absolute Gasteiger partial charge is 0.0948 e. The third kappa shape index (κ3) is 3.63. The van der Waals surface area contributed by atoms with E-state index >= 15 is 0 Å². The van der Waals surface area contributed by atoms with Crippen LogP contribution in [0.25, 0.3) is 0 Å². The lowest BCUT2D eigenvalue weighted by Gasteiger charge is -2.16. The third-order valence-electron chi connectivity index (χ3n) is 1.94. The van der Waals surface area contributed by atoms with E-state index in [0.717, 1.165) is 5.56 Å². The van der Waals surface area contributed by atoms with E-state index < -0.39 is 0 Å². The van der Waals surface area contributed by atoms with Gasteiger partial charge in [0, 0.05) is 6.54 Å². The monoisotopic (exact) mass is 249 g/mol. The number of aliphatic hydroxyl groups is 1. The van der Waals surface area contributed by atoms with Gasteiger partial charge in [-0.25, -0.2) is 0 Å². The van der Waals surface area contributed by atoms with E-state index in [-0.39, 0.29) is 19.3 Å². The van der Waals surface area contributed by atoms with Crippen LogP contribution in [0.15, 0.2) is 18.2 Å². The Labute approximate surface area is 98.7 Å². The van der Waals surface area contributed by atoms with Crippen molar-refractivity contribution < 1.29 is 9.84 Å². The molecule has 0 saturated heterocycles. The maximum absolute atomic E-state index is 8.64. The first-order chi connectivity index (χ1) is 7.19. The van der Waals surface area contributed by atoms with Crippen LogP contribution in [-0.2, 0) is 4.74 Å². The van der Waals surface area contributed by atoms with Crippen LogP contribution in [0.2, 0.25) is 10.0 Å². The molecule has 1 aromatic rings. The lowest BCUT2D eigenvalue weighted by Crippen LogP contribution is -2.17. The average Bonchev–Trinajstić information content (AvgIpc) is 2.24. The van der Waals surface area contributed by atoms with E-state index in [0.29, 0.717) is 16.6 Å². The summed E-state index contributed by atoms with van der Waals surface area (Å²) in [6.45, 7) is 0.553. The van der Waals surface area contributed by atoms with Gasteiger partial charge in [0.25, 0.3) is 0 Å². The number of aliphatic hydroxyl groups excluding tert-OH is 1. The Morgan fingerprint density at radius 2 is 2.07 bits per heavy atom. The first kappa shape index (κ1) is 12.7. The van der Waals surface area contributed by atoms with Crippen molar-refractivity contribution in [1.29, 1.82) is 0 Å². The van der Waals surface area contributed by atoms with Crippen molar-refractivity contribution in [2.24, 2.45) is 5.73 Å². The predicted octanol–water partition coefficient (Wildman–Crippen LogP) is 2.00. The molecule has 3 N–H and O–H groups in total. The van der Waals surface area contributed by atoms with Crippen molar-refractivity contribution in [3.8, 4) is 0 Å². The lowest BCUT2D eigenvalue weighted by molar-refractivity contribution is 0.0329. The second-order valence-electron chi connectivity index (χ2n) is 2.99. The van der Waals surface area contributed by atoms with Crippen molar-refractivity contribution in [3.05, 3.63) is 33.8 Å². The minimum absolute atomic E-state index is 0.0299. The van der Waals surface area contributed by atoms with Gasteiger partial charge >= 0.3 is 0 Å². The average molecular weight is 250 g/mol. The fourth-order valence-electron chi connectivity index (χ4n) is 1.21. The molecular weight excluding hydrogens is 237 g/mol. The van der Waals surface area contributed by atoms with Crippen LogP contribution in [0.5, 0.6) is 0 Å². The molecular formula is C10H13Cl2NO2. The molecule has 1 rings (SSSR count). The fraction of sp³-hybridized carbons (Fsp3) is 0.400. The molecule has 3 nitrogen and oxygen atoms in total. The molecule has 0 radical (unpaired) electrons. The van der Waals surface area contributed by atoms with Crippen LogP contribution in [0, 0.1) is 0 Å². The van der Waals surface area contributed by atoms with E-state index in [2.05, 4.69) is 0 Å². The molecule has 0 heterocycles. The van der Waals surface area contributed by atoms with E-state index in [4.69, 9.17) is 38.8 Å². The van der Waals surface area contributed by atoms with E-state index in [1.54, 1.807) is 12.1 Å². The number of ether oxygens (including phenoxy) is 1. The first-order valence-electron chi connectivity index (χ1n) is 4.56. The number of nitrogens with two attached hydrogens (primary N) is 1. The molecule has 0 saturated carbocycles. The summed E-state index contributed by atoms with van der Waals surface area (Å²) in [5.74, 6) is 0. The van der Waals surface area contributed by atoms with Crippen molar-refractivity contribution in [3.63, 3.8) is 0 Å². The standard InChI is InChI=1S/C10H13Cl2NO2/c11-8-2-1-7(5-9(8)12)10(6-13)15-4-3-14/h1-2,5,10,14H,3-4,6,13H2. The summed E-state index contributed by atoms with van der Waals surface area (Å²) >= 11 is 11.7. The predicted molar refractivity (Wildman–Crippen MR) is 61.3 cm³/mol. The summed E-state index contributed by atoms with van der Waals surface area (Å²) in [4.78, 5) is 0. The van der Waals surface area contributed by atoms with Crippen LogP contribution in [0.3, 0.4) is 0 Å². The minimum Gasteiger partial charge on any atom is -0.394 e. The van der Waals surface area contributed by atoms with E-state index in [1.165, 1.54) is 0 Å². The molecule has 0 fully saturated rings. The molecule has 15 heavy (non-hydrogen) atoms. The third-order valence-corrected chi connectivity index (χ3v) is 2.68. The quantitative estimate of drug-likeness (QED) is 0.840. The van der Waals surface area contributed by atoms with Gasteiger partial charge in [0.1, 0.15) is 0 Å². The zero-order valence-corrected chi connectivity index (χ0v) is 9.63. The summed E-state index contributed by atoms with van der Waals surface area (Å²) in [5, 5.41) is 9.61. The Kier molecular flexibility index (Phi) is 5.36. The molecule has 0 spiro atoms. The van der Waals surface area contributed by atoms with E-state index in [9.17, 15) is 0 Å². The molecule has 0 aromatic heterocycles. The SMILES string of the molecule is NCC(OCCO)c1ccc(Cl)c(Cl)c1. The first-order valence-corrected chi connectivity index (χ1v) is 5.32. The topological polar surface area (TPSA) is 55.5 Å². The van der Waals surface area contributed by atoms with Crippen LogP contribution < -0.4 is 5.73 Å². The van der Waals surface area contributed by atoms with Gasteiger partial charge < -0.3 is 15.6 Å². The zero-order valence-electron chi connectivity index (χ0n) is 8.12. The van der Waals surface area contributed by atoms with Crippen molar-refractivity contribution >= 4 is 23.2 Å². The molecule has 5 heteroatoms. The highest BCUT2D eigenvalue weighted by molar-refractivity contribution is 6.42. The number of rotatable bonds is 5. The Balaban J connectivity index is 2.78. The number of hydrogen-bond acceptors (Lipinski definition) is 3. The Morgan fingerprint density at radius 1 is 1.33 bits per heavy atom. The second-order valence-corrected chi connectivity index (χ2v) is 3.81. The number of halogens is 2. The molecule has 0 aliphatic carbocycles. The van der Waals surface area contributed by atoms with Crippen molar-refractivity contribution in [2.45, 2.75) is 6.10 Å². The zero-order chi connectivity index (χ0) is 11.3. The summed E-state index contributed by atoms with van der Waals surface area (Å²) in [5.41, 5.74) is 6.41. The van der Waals surface area contributed by atoms with Crippen molar-refractivity contribution in [2.75, 3.05) is 19.8 Å². The van der Waals surface area contributed by atoms with Crippen LogP contribution in [-0.4, -0.2) is 24.9 Å². The van der Waals surface area contributed by atoms with Gasteiger partial charge in [-0.1, -0.05) is 29.3 Å². The largest absolute Gasteiger partial charge is 0.394 e. The molecule has 0 aliphatic rings. The maximum Gasteiger partial charge on any atom is 0.0948 e.